The molecule has 0 saturated carbocycles. The number of hydrogen-bond acceptors (Lipinski definition) is 4. The summed E-state index contributed by atoms with van der Waals surface area (Å²) in [6, 6.07) is 13.3. The number of hydrogen-bond donors (Lipinski definition) is 0. The predicted molar refractivity (Wildman–Crippen MR) is 73.8 cm³/mol. The SMILES string of the molecule is O=[S@@]1c2ccccc2SN1c1ccc2c(c1)OCO2. The zero-order chi connectivity index (χ0) is 12.8. The maximum absolute atomic E-state index is 12.4. The molecular weight excluding hydrogens is 282 g/mol. The zero-order valence-corrected chi connectivity index (χ0v) is 11.4. The number of anilines is 1. The number of rotatable bonds is 1. The zero-order valence-electron chi connectivity index (χ0n) is 9.74. The summed E-state index contributed by atoms with van der Waals surface area (Å²) in [5.41, 5.74) is 0.851. The molecule has 0 aromatic heterocycles. The third-order valence-electron chi connectivity index (χ3n) is 2.94. The highest BCUT2D eigenvalue weighted by atomic mass is 32.2. The highest BCUT2D eigenvalue weighted by Gasteiger charge is 2.29. The summed E-state index contributed by atoms with van der Waals surface area (Å²) in [4.78, 5) is 1.88. The lowest BCUT2D eigenvalue weighted by molar-refractivity contribution is 0.174. The van der Waals surface area contributed by atoms with Crippen LogP contribution in [0.1, 0.15) is 0 Å². The van der Waals surface area contributed by atoms with E-state index >= 15 is 0 Å². The van der Waals surface area contributed by atoms with Crippen molar-refractivity contribution in [3.8, 4) is 11.5 Å². The molecule has 96 valence electrons. The lowest BCUT2D eigenvalue weighted by Gasteiger charge is -2.14. The van der Waals surface area contributed by atoms with Crippen molar-refractivity contribution in [1.29, 1.82) is 0 Å². The van der Waals surface area contributed by atoms with Crippen LogP contribution in [0.3, 0.4) is 0 Å². The van der Waals surface area contributed by atoms with Crippen LogP contribution in [0.4, 0.5) is 5.69 Å². The quantitative estimate of drug-likeness (QED) is 0.757. The van der Waals surface area contributed by atoms with Crippen LogP contribution < -0.4 is 13.2 Å². The van der Waals surface area contributed by atoms with Gasteiger partial charge in [0.15, 0.2) is 22.5 Å². The normalized spacial score (nSPS) is 19.6. The fourth-order valence-corrected chi connectivity index (χ4v) is 4.72. The van der Waals surface area contributed by atoms with Crippen LogP contribution >= 0.6 is 11.9 Å². The topological polar surface area (TPSA) is 38.8 Å². The van der Waals surface area contributed by atoms with Crippen molar-refractivity contribution in [2.24, 2.45) is 0 Å². The van der Waals surface area contributed by atoms with E-state index in [9.17, 15) is 4.21 Å². The molecule has 2 aromatic rings. The standard InChI is InChI=1S/C13H9NO3S2/c15-19-13-4-2-1-3-12(13)18-14(19)9-5-6-10-11(7-9)17-8-16-10/h1-7H,8H2/t19-/m1/s1. The van der Waals surface area contributed by atoms with Crippen molar-refractivity contribution in [3.63, 3.8) is 0 Å². The minimum Gasteiger partial charge on any atom is -0.454 e. The van der Waals surface area contributed by atoms with Gasteiger partial charge < -0.3 is 9.47 Å². The Morgan fingerprint density at radius 1 is 1.11 bits per heavy atom. The van der Waals surface area contributed by atoms with E-state index in [-0.39, 0.29) is 6.79 Å². The van der Waals surface area contributed by atoms with Gasteiger partial charge in [-0.3, -0.25) is 0 Å². The van der Waals surface area contributed by atoms with E-state index in [1.54, 1.807) is 3.71 Å². The number of fused-ring (bicyclic) bond motifs is 2. The van der Waals surface area contributed by atoms with Crippen LogP contribution in [0.25, 0.3) is 0 Å². The molecule has 0 saturated heterocycles. The first-order valence-corrected chi connectivity index (χ1v) is 7.59. The van der Waals surface area contributed by atoms with Crippen LogP contribution in [-0.4, -0.2) is 11.0 Å². The second kappa shape index (κ2) is 4.18. The van der Waals surface area contributed by atoms with Crippen LogP contribution in [0.5, 0.6) is 11.5 Å². The molecule has 0 radical (unpaired) electrons. The molecule has 0 fully saturated rings. The van der Waals surface area contributed by atoms with Gasteiger partial charge in [-0.25, -0.2) is 7.92 Å². The number of benzene rings is 2. The molecule has 2 aliphatic rings. The van der Waals surface area contributed by atoms with Crippen molar-refractivity contribution in [1.82, 2.24) is 0 Å². The molecule has 2 aromatic carbocycles. The Labute approximate surface area is 117 Å². The fourth-order valence-electron chi connectivity index (χ4n) is 2.03. The molecule has 0 aliphatic carbocycles. The molecule has 19 heavy (non-hydrogen) atoms. The Hall–Kier alpha value is -1.66. The van der Waals surface area contributed by atoms with Gasteiger partial charge in [0.2, 0.25) is 6.79 Å². The third-order valence-corrected chi connectivity index (χ3v) is 5.87. The summed E-state index contributed by atoms with van der Waals surface area (Å²) in [5, 5.41) is 0. The molecule has 0 amide bonds. The Bertz CT molecular complexity index is 689. The van der Waals surface area contributed by atoms with E-state index in [0.29, 0.717) is 5.75 Å². The van der Waals surface area contributed by atoms with Gasteiger partial charge in [-0.05, 0) is 24.3 Å². The van der Waals surface area contributed by atoms with E-state index in [0.717, 1.165) is 21.2 Å². The van der Waals surface area contributed by atoms with Gasteiger partial charge in [-0.2, -0.15) is 0 Å². The highest BCUT2D eigenvalue weighted by molar-refractivity contribution is 8.14. The lowest BCUT2D eigenvalue weighted by Crippen LogP contribution is -2.11. The van der Waals surface area contributed by atoms with Gasteiger partial charge in [0.25, 0.3) is 0 Å². The maximum Gasteiger partial charge on any atom is 0.231 e. The predicted octanol–water partition coefficient (Wildman–Crippen LogP) is 2.97. The average molecular weight is 291 g/mol. The third kappa shape index (κ3) is 1.71. The minimum atomic E-state index is -1.18. The largest absolute Gasteiger partial charge is 0.454 e. The molecule has 0 spiro atoms. The van der Waals surface area contributed by atoms with Gasteiger partial charge in [0, 0.05) is 22.9 Å². The Kier molecular flexibility index (Phi) is 2.46. The Morgan fingerprint density at radius 3 is 2.84 bits per heavy atom. The molecule has 0 bridgehead atoms. The fraction of sp³-hybridized carbons (Fsp3) is 0.0769. The van der Waals surface area contributed by atoms with Gasteiger partial charge in [0.1, 0.15) is 0 Å². The molecule has 1 atom stereocenters. The van der Waals surface area contributed by atoms with Crippen LogP contribution in [0.15, 0.2) is 52.3 Å². The van der Waals surface area contributed by atoms with E-state index < -0.39 is 11.0 Å². The van der Waals surface area contributed by atoms with Gasteiger partial charge in [-0.1, -0.05) is 12.1 Å². The van der Waals surface area contributed by atoms with Crippen molar-refractivity contribution >= 4 is 28.6 Å². The van der Waals surface area contributed by atoms with Crippen molar-refractivity contribution in [2.75, 3.05) is 10.5 Å². The van der Waals surface area contributed by atoms with Gasteiger partial charge in [0.05, 0.1) is 10.6 Å². The first-order valence-electron chi connectivity index (χ1n) is 5.71. The summed E-state index contributed by atoms with van der Waals surface area (Å²) in [7, 11) is -1.18. The molecule has 6 heteroatoms. The lowest BCUT2D eigenvalue weighted by atomic mass is 10.3. The first kappa shape index (κ1) is 11.2. The van der Waals surface area contributed by atoms with Crippen molar-refractivity contribution in [3.05, 3.63) is 42.5 Å². The molecule has 2 aliphatic heterocycles. The number of ether oxygens (including phenoxy) is 2. The Balaban J connectivity index is 1.74. The van der Waals surface area contributed by atoms with Gasteiger partial charge in [-0.15, -0.1) is 0 Å². The van der Waals surface area contributed by atoms with Crippen LogP contribution in [0, 0.1) is 0 Å². The second-order valence-electron chi connectivity index (χ2n) is 4.08. The second-order valence-corrected chi connectivity index (χ2v) is 6.60. The maximum atomic E-state index is 12.4. The van der Waals surface area contributed by atoms with Crippen LogP contribution in [-0.2, 0) is 11.0 Å². The first-order chi connectivity index (χ1) is 9.33. The van der Waals surface area contributed by atoms with Crippen molar-refractivity contribution in [2.45, 2.75) is 9.79 Å². The summed E-state index contributed by atoms with van der Waals surface area (Å²) in [5.74, 6) is 1.43. The summed E-state index contributed by atoms with van der Waals surface area (Å²) < 4.78 is 24.9. The summed E-state index contributed by atoms with van der Waals surface area (Å²) >= 11 is 1.48. The summed E-state index contributed by atoms with van der Waals surface area (Å²) in [6.45, 7) is 0.245. The van der Waals surface area contributed by atoms with Crippen molar-refractivity contribution < 1.29 is 13.7 Å². The molecule has 2 heterocycles. The summed E-state index contributed by atoms with van der Waals surface area (Å²) in [6.07, 6.45) is 0. The Morgan fingerprint density at radius 2 is 1.95 bits per heavy atom. The van der Waals surface area contributed by atoms with E-state index in [1.807, 2.05) is 42.5 Å². The molecule has 0 N–H and O–H groups in total. The van der Waals surface area contributed by atoms with E-state index in [1.165, 1.54) is 11.9 Å². The minimum absolute atomic E-state index is 0.245. The smallest absolute Gasteiger partial charge is 0.231 e. The number of nitrogens with zero attached hydrogens (tertiary/aromatic N) is 1. The van der Waals surface area contributed by atoms with Gasteiger partial charge >= 0.3 is 0 Å². The van der Waals surface area contributed by atoms with E-state index in [2.05, 4.69) is 0 Å². The average Bonchev–Trinajstić information content (AvgIpc) is 3.03. The molecule has 4 rings (SSSR count). The van der Waals surface area contributed by atoms with E-state index in [4.69, 9.17) is 9.47 Å². The molecule has 0 unspecified atom stereocenters. The highest BCUT2D eigenvalue weighted by Crippen LogP contribution is 2.45. The monoisotopic (exact) mass is 291 g/mol. The molecule has 4 nitrogen and oxygen atoms in total. The molecular formula is C13H9NO3S2. The van der Waals surface area contributed by atoms with Crippen LogP contribution in [0.2, 0.25) is 0 Å².